The van der Waals surface area contributed by atoms with E-state index in [1.807, 2.05) is 13.8 Å². The summed E-state index contributed by atoms with van der Waals surface area (Å²) < 4.78 is 5.32. The summed E-state index contributed by atoms with van der Waals surface area (Å²) in [6.07, 6.45) is -6.17. The molecule has 25 heavy (non-hydrogen) atoms. The molecule has 0 aliphatic heterocycles. The lowest BCUT2D eigenvalue weighted by Crippen LogP contribution is -2.50. The monoisotopic (exact) mass is 362 g/mol. The molecule has 0 saturated heterocycles. The molecule has 0 radical (unpaired) electrons. The lowest BCUT2D eigenvalue weighted by molar-refractivity contribution is -0.173. The van der Waals surface area contributed by atoms with Crippen molar-refractivity contribution in [3.8, 4) is 0 Å². The fourth-order valence-corrected chi connectivity index (χ4v) is 3.59. The first-order chi connectivity index (χ1) is 11.6. The molecule has 1 aliphatic rings. The Labute approximate surface area is 147 Å². The van der Waals surface area contributed by atoms with E-state index < -0.39 is 48.9 Å². The van der Waals surface area contributed by atoms with E-state index in [2.05, 4.69) is 6.92 Å². The van der Waals surface area contributed by atoms with Gasteiger partial charge in [0.2, 0.25) is 11.9 Å². The Morgan fingerprint density at radius 3 is 2.24 bits per heavy atom. The first-order valence-corrected chi connectivity index (χ1v) is 8.69. The predicted octanol–water partition coefficient (Wildman–Crippen LogP) is -1.00. The van der Waals surface area contributed by atoms with Crippen molar-refractivity contribution in [2.24, 2.45) is 17.8 Å². The number of carbonyl (C=O) groups is 2. The molecule has 0 bridgehead atoms. The molecule has 7 atom stereocenters. The van der Waals surface area contributed by atoms with Crippen molar-refractivity contribution < 1.29 is 39.9 Å². The van der Waals surface area contributed by atoms with E-state index >= 15 is 0 Å². The molecule has 1 rings (SSSR count). The highest BCUT2D eigenvalue weighted by molar-refractivity contribution is 6.04. The highest BCUT2D eigenvalue weighted by Crippen LogP contribution is 2.37. The van der Waals surface area contributed by atoms with Crippen LogP contribution in [0.1, 0.15) is 40.0 Å². The molecular formula is C17H30O8. The summed E-state index contributed by atoms with van der Waals surface area (Å²) in [6.45, 7) is 5.22. The van der Waals surface area contributed by atoms with Gasteiger partial charge in [0, 0.05) is 5.92 Å². The van der Waals surface area contributed by atoms with Crippen LogP contribution in [0.15, 0.2) is 0 Å². The molecule has 5 N–H and O–H groups in total. The van der Waals surface area contributed by atoms with E-state index in [0.717, 1.165) is 12.8 Å². The maximum absolute atomic E-state index is 12.1. The average molecular weight is 362 g/mol. The Balaban J connectivity index is 2.73. The number of aliphatic hydroxyl groups is 5. The fourth-order valence-electron chi connectivity index (χ4n) is 3.59. The summed E-state index contributed by atoms with van der Waals surface area (Å²) in [5.41, 5.74) is 0. The van der Waals surface area contributed by atoms with Crippen LogP contribution in [0.5, 0.6) is 0 Å². The molecule has 8 heteroatoms. The molecule has 1 saturated carbocycles. The molecule has 1 aliphatic carbocycles. The van der Waals surface area contributed by atoms with E-state index in [9.17, 15) is 30.0 Å². The summed E-state index contributed by atoms with van der Waals surface area (Å²) in [5, 5.41) is 47.0. The fraction of sp³-hybridized carbons (Fsp3) is 0.882. The van der Waals surface area contributed by atoms with Gasteiger partial charge in [0.05, 0.1) is 6.61 Å². The highest BCUT2D eigenvalue weighted by atomic mass is 16.6. The first-order valence-electron chi connectivity index (χ1n) is 8.69. The number of ketones is 1. The van der Waals surface area contributed by atoms with Crippen LogP contribution >= 0.6 is 0 Å². The Hall–Kier alpha value is -1.06. The van der Waals surface area contributed by atoms with Crippen molar-refractivity contribution in [1.29, 1.82) is 0 Å². The largest absolute Gasteiger partial charge is 0.460 e. The third-order valence-corrected chi connectivity index (χ3v) is 4.96. The van der Waals surface area contributed by atoms with Crippen molar-refractivity contribution in [2.45, 2.75) is 70.6 Å². The van der Waals surface area contributed by atoms with Gasteiger partial charge in [0.15, 0.2) is 0 Å². The molecule has 0 amide bonds. The van der Waals surface area contributed by atoms with Gasteiger partial charge in [-0.25, -0.2) is 4.79 Å². The van der Waals surface area contributed by atoms with Gasteiger partial charge in [-0.2, -0.15) is 0 Å². The van der Waals surface area contributed by atoms with E-state index in [4.69, 9.17) is 9.84 Å². The second kappa shape index (κ2) is 9.59. The summed E-state index contributed by atoms with van der Waals surface area (Å²) >= 11 is 0. The number of hydrogen-bond donors (Lipinski definition) is 5. The molecule has 0 aromatic heterocycles. The van der Waals surface area contributed by atoms with E-state index in [0.29, 0.717) is 12.3 Å². The van der Waals surface area contributed by atoms with E-state index in [1.165, 1.54) is 0 Å². The van der Waals surface area contributed by atoms with Gasteiger partial charge in [-0.1, -0.05) is 27.2 Å². The van der Waals surface area contributed by atoms with Gasteiger partial charge < -0.3 is 30.3 Å². The minimum absolute atomic E-state index is 0.103. The molecule has 146 valence electrons. The number of esters is 1. The van der Waals surface area contributed by atoms with Gasteiger partial charge >= 0.3 is 5.97 Å². The topological polar surface area (TPSA) is 145 Å². The van der Waals surface area contributed by atoms with Gasteiger partial charge in [0.25, 0.3) is 0 Å². The van der Waals surface area contributed by atoms with E-state index in [-0.39, 0.29) is 11.8 Å². The maximum Gasteiger partial charge on any atom is 0.343 e. The third-order valence-electron chi connectivity index (χ3n) is 4.96. The molecular weight excluding hydrogens is 332 g/mol. The number of ether oxygens (including phenoxy) is 1. The smallest absolute Gasteiger partial charge is 0.343 e. The lowest BCUT2D eigenvalue weighted by Gasteiger charge is -2.38. The normalized spacial score (nSPS) is 28.9. The van der Waals surface area contributed by atoms with Crippen molar-refractivity contribution in [3.63, 3.8) is 0 Å². The van der Waals surface area contributed by atoms with Crippen LogP contribution < -0.4 is 0 Å². The zero-order valence-electron chi connectivity index (χ0n) is 14.9. The number of rotatable bonds is 8. The number of aliphatic hydroxyl groups excluding tert-OH is 5. The summed E-state index contributed by atoms with van der Waals surface area (Å²) in [5.74, 6) is -1.86. The van der Waals surface area contributed by atoms with Gasteiger partial charge in [-0.15, -0.1) is 0 Å². The van der Waals surface area contributed by atoms with Gasteiger partial charge in [-0.05, 0) is 24.7 Å². The van der Waals surface area contributed by atoms with Crippen LogP contribution in [0.4, 0.5) is 0 Å². The van der Waals surface area contributed by atoms with E-state index in [1.54, 1.807) is 0 Å². The predicted molar refractivity (Wildman–Crippen MR) is 87.3 cm³/mol. The van der Waals surface area contributed by atoms with Crippen molar-refractivity contribution in [3.05, 3.63) is 0 Å². The zero-order valence-corrected chi connectivity index (χ0v) is 14.9. The minimum atomic E-state index is -2.26. The average Bonchev–Trinajstić information content (AvgIpc) is 2.57. The van der Waals surface area contributed by atoms with Crippen LogP contribution in [0.3, 0.4) is 0 Å². The standard InChI is InChI=1S/C17H30O8/c1-8(2)12-9(3)5-4-6-11(12)25-17(24)16(23)15(22)14(21)13(20)10(19)7-18/h8-14,16,18-21,23H,4-7H2,1-3H3/t9?,10-,11?,12?,13-,14+,16?/m1/s1. The third kappa shape index (κ3) is 5.46. The molecule has 0 heterocycles. The summed E-state index contributed by atoms with van der Waals surface area (Å²) in [6, 6.07) is 0. The Morgan fingerprint density at radius 2 is 1.72 bits per heavy atom. The summed E-state index contributed by atoms with van der Waals surface area (Å²) in [7, 11) is 0. The van der Waals surface area contributed by atoms with Gasteiger partial charge in [-0.3, -0.25) is 4.79 Å². The quantitative estimate of drug-likeness (QED) is 0.273. The number of hydrogen-bond acceptors (Lipinski definition) is 8. The van der Waals surface area contributed by atoms with Crippen LogP contribution in [0.2, 0.25) is 0 Å². The minimum Gasteiger partial charge on any atom is -0.460 e. The van der Waals surface area contributed by atoms with Crippen molar-refractivity contribution in [2.75, 3.05) is 6.61 Å². The molecule has 0 aromatic rings. The number of Topliss-reactive ketones (excluding diaryl/α,β-unsaturated/α-hetero) is 1. The Morgan fingerprint density at radius 1 is 1.12 bits per heavy atom. The van der Waals surface area contributed by atoms with Crippen LogP contribution in [0.25, 0.3) is 0 Å². The lowest BCUT2D eigenvalue weighted by atomic mass is 9.72. The molecule has 0 aromatic carbocycles. The molecule has 8 nitrogen and oxygen atoms in total. The van der Waals surface area contributed by atoms with Crippen LogP contribution in [-0.4, -0.2) is 74.4 Å². The second-order valence-corrected chi connectivity index (χ2v) is 7.20. The highest BCUT2D eigenvalue weighted by Gasteiger charge is 2.40. The van der Waals surface area contributed by atoms with Crippen molar-refractivity contribution in [1.82, 2.24) is 0 Å². The second-order valence-electron chi connectivity index (χ2n) is 7.20. The Bertz CT molecular complexity index is 452. The first kappa shape index (κ1) is 22.0. The van der Waals surface area contributed by atoms with Crippen LogP contribution in [0, 0.1) is 17.8 Å². The SMILES string of the molecule is CC(C)C1C(C)CCCC1OC(=O)C(O)C(=O)[C@@H](O)[C@H](O)[C@H](O)CO. The zero-order chi connectivity index (χ0) is 19.3. The number of carbonyl (C=O) groups excluding carboxylic acids is 2. The molecule has 1 fully saturated rings. The van der Waals surface area contributed by atoms with Crippen LogP contribution in [-0.2, 0) is 14.3 Å². The van der Waals surface area contributed by atoms with Gasteiger partial charge in [0.1, 0.15) is 24.4 Å². The maximum atomic E-state index is 12.1. The molecule has 4 unspecified atom stereocenters. The van der Waals surface area contributed by atoms with Crippen molar-refractivity contribution >= 4 is 11.8 Å². The Kier molecular flexibility index (Phi) is 8.43. The summed E-state index contributed by atoms with van der Waals surface area (Å²) in [4.78, 5) is 24.0. The molecule has 0 spiro atoms.